The summed E-state index contributed by atoms with van der Waals surface area (Å²) in [4.78, 5) is 4.29. The fourth-order valence-corrected chi connectivity index (χ4v) is 2.03. The van der Waals surface area contributed by atoms with Gasteiger partial charge >= 0.3 is 0 Å². The fraction of sp³-hybridized carbons (Fsp3) is 0.462. The van der Waals surface area contributed by atoms with Crippen molar-refractivity contribution in [3.05, 3.63) is 29.7 Å². The Labute approximate surface area is 101 Å². The number of likely N-dealkylation sites (N-methyl/N-ethyl adjacent to an activating group) is 1. The van der Waals surface area contributed by atoms with Crippen LogP contribution in [0, 0.1) is 6.92 Å². The van der Waals surface area contributed by atoms with E-state index in [-0.39, 0.29) is 0 Å². The first-order valence-electron chi connectivity index (χ1n) is 5.75. The first-order valence-corrected chi connectivity index (χ1v) is 5.75. The van der Waals surface area contributed by atoms with Crippen LogP contribution in [0.25, 0.3) is 11.1 Å². The third-order valence-electron chi connectivity index (χ3n) is 2.81. The van der Waals surface area contributed by atoms with E-state index in [1.54, 1.807) is 7.11 Å². The van der Waals surface area contributed by atoms with Gasteiger partial charge < -0.3 is 14.5 Å². The van der Waals surface area contributed by atoms with Crippen LogP contribution in [0.3, 0.4) is 0 Å². The minimum absolute atomic E-state index is 0.333. The SMILES string of the molecule is CNCC(COC)c1ccc2nc(C)oc2c1. The molecule has 0 saturated carbocycles. The third-order valence-corrected chi connectivity index (χ3v) is 2.81. The van der Waals surface area contributed by atoms with Gasteiger partial charge in [0, 0.05) is 26.5 Å². The first kappa shape index (κ1) is 12.1. The van der Waals surface area contributed by atoms with Crippen LogP contribution in [0.5, 0.6) is 0 Å². The molecule has 0 aliphatic heterocycles. The molecular formula is C13H18N2O2. The smallest absolute Gasteiger partial charge is 0.192 e. The van der Waals surface area contributed by atoms with Crippen LogP contribution in [-0.4, -0.2) is 32.3 Å². The summed E-state index contributed by atoms with van der Waals surface area (Å²) >= 11 is 0. The molecule has 1 heterocycles. The van der Waals surface area contributed by atoms with E-state index < -0.39 is 0 Å². The molecule has 1 atom stereocenters. The molecular weight excluding hydrogens is 216 g/mol. The van der Waals surface area contributed by atoms with Crippen LogP contribution in [0.15, 0.2) is 22.6 Å². The van der Waals surface area contributed by atoms with E-state index in [1.807, 2.05) is 20.0 Å². The quantitative estimate of drug-likeness (QED) is 0.860. The van der Waals surface area contributed by atoms with Crippen molar-refractivity contribution in [1.82, 2.24) is 10.3 Å². The normalized spacial score (nSPS) is 13.1. The molecule has 4 heteroatoms. The molecule has 0 amide bonds. The first-order chi connectivity index (χ1) is 8.24. The summed E-state index contributed by atoms with van der Waals surface area (Å²) in [6, 6.07) is 6.14. The molecule has 1 unspecified atom stereocenters. The van der Waals surface area contributed by atoms with Gasteiger partial charge in [-0.1, -0.05) is 6.07 Å². The minimum atomic E-state index is 0.333. The zero-order chi connectivity index (χ0) is 12.3. The van der Waals surface area contributed by atoms with Crippen molar-refractivity contribution >= 4 is 11.1 Å². The Morgan fingerprint density at radius 3 is 3.00 bits per heavy atom. The number of benzene rings is 1. The number of methoxy groups -OCH3 is 1. The number of aromatic nitrogens is 1. The second-order valence-electron chi connectivity index (χ2n) is 4.17. The monoisotopic (exact) mass is 234 g/mol. The second kappa shape index (κ2) is 5.29. The Morgan fingerprint density at radius 1 is 1.47 bits per heavy atom. The van der Waals surface area contributed by atoms with Crippen molar-refractivity contribution in [1.29, 1.82) is 0 Å². The van der Waals surface area contributed by atoms with E-state index in [1.165, 1.54) is 5.56 Å². The molecule has 1 aromatic heterocycles. The molecule has 17 heavy (non-hydrogen) atoms. The highest BCUT2D eigenvalue weighted by Gasteiger charge is 2.12. The number of fused-ring (bicyclic) bond motifs is 1. The highest BCUT2D eigenvalue weighted by Crippen LogP contribution is 2.22. The molecule has 2 aromatic rings. The predicted molar refractivity (Wildman–Crippen MR) is 67.3 cm³/mol. The molecule has 92 valence electrons. The summed E-state index contributed by atoms with van der Waals surface area (Å²) in [7, 11) is 3.67. The van der Waals surface area contributed by atoms with Crippen molar-refractivity contribution < 1.29 is 9.15 Å². The molecule has 0 fully saturated rings. The fourth-order valence-electron chi connectivity index (χ4n) is 2.03. The second-order valence-corrected chi connectivity index (χ2v) is 4.17. The lowest BCUT2D eigenvalue weighted by Gasteiger charge is -2.15. The van der Waals surface area contributed by atoms with Gasteiger partial charge in [-0.05, 0) is 24.7 Å². The highest BCUT2D eigenvalue weighted by atomic mass is 16.5. The number of nitrogens with one attached hydrogen (secondary N) is 1. The number of aryl methyl sites for hydroxylation is 1. The Bertz CT molecular complexity index is 487. The largest absolute Gasteiger partial charge is 0.441 e. The molecule has 1 aromatic carbocycles. The summed E-state index contributed by atoms with van der Waals surface area (Å²) in [6.45, 7) is 3.44. The van der Waals surface area contributed by atoms with Crippen molar-refractivity contribution in [3.8, 4) is 0 Å². The van der Waals surface area contributed by atoms with E-state index in [2.05, 4.69) is 22.4 Å². The lowest BCUT2D eigenvalue weighted by atomic mass is 9.99. The minimum Gasteiger partial charge on any atom is -0.441 e. The van der Waals surface area contributed by atoms with Crippen molar-refractivity contribution in [2.24, 2.45) is 0 Å². The average molecular weight is 234 g/mol. The highest BCUT2D eigenvalue weighted by molar-refractivity contribution is 5.73. The van der Waals surface area contributed by atoms with Gasteiger partial charge in [0.15, 0.2) is 11.5 Å². The van der Waals surface area contributed by atoms with Gasteiger partial charge in [0.1, 0.15) is 5.52 Å². The van der Waals surface area contributed by atoms with E-state index in [4.69, 9.17) is 9.15 Å². The summed E-state index contributed by atoms with van der Waals surface area (Å²) in [5.41, 5.74) is 2.97. The zero-order valence-corrected chi connectivity index (χ0v) is 10.5. The maximum Gasteiger partial charge on any atom is 0.192 e. The predicted octanol–water partition coefficient (Wildman–Crippen LogP) is 2.09. The third kappa shape index (κ3) is 2.65. The molecule has 0 saturated heterocycles. The van der Waals surface area contributed by atoms with E-state index in [9.17, 15) is 0 Å². The van der Waals surface area contributed by atoms with Gasteiger partial charge in [-0.15, -0.1) is 0 Å². The van der Waals surface area contributed by atoms with Gasteiger partial charge in [0.25, 0.3) is 0 Å². The molecule has 0 aliphatic carbocycles. The lowest BCUT2D eigenvalue weighted by molar-refractivity contribution is 0.178. The summed E-state index contributed by atoms with van der Waals surface area (Å²) in [6.07, 6.45) is 0. The van der Waals surface area contributed by atoms with Gasteiger partial charge in [0.05, 0.1) is 6.61 Å². The van der Waals surface area contributed by atoms with Crippen molar-refractivity contribution in [3.63, 3.8) is 0 Å². The van der Waals surface area contributed by atoms with E-state index >= 15 is 0 Å². The van der Waals surface area contributed by atoms with Crippen LogP contribution in [0.4, 0.5) is 0 Å². The summed E-state index contributed by atoms with van der Waals surface area (Å²) < 4.78 is 10.8. The Kier molecular flexibility index (Phi) is 3.76. The number of nitrogens with zero attached hydrogens (tertiary/aromatic N) is 1. The molecule has 4 nitrogen and oxygen atoms in total. The van der Waals surface area contributed by atoms with E-state index in [0.29, 0.717) is 18.4 Å². The van der Waals surface area contributed by atoms with E-state index in [0.717, 1.165) is 17.6 Å². The number of ether oxygens (including phenoxy) is 1. The van der Waals surface area contributed by atoms with Crippen molar-refractivity contribution in [2.45, 2.75) is 12.8 Å². The number of hydrogen-bond donors (Lipinski definition) is 1. The molecule has 2 rings (SSSR count). The summed E-state index contributed by atoms with van der Waals surface area (Å²) in [5.74, 6) is 1.04. The number of hydrogen-bond acceptors (Lipinski definition) is 4. The number of rotatable bonds is 5. The van der Waals surface area contributed by atoms with Crippen molar-refractivity contribution in [2.75, 3.05) is 27.3 Å². The average Bonchev–Trinajstić information content (AvgIpc) is 2.67. The topological polar surface area (TPSA) is 47.3 Å². The zero-order valence-electron chi connectivity index (χ0n) is 10.5. The van der Waals surface area contributed by atoms with Crippen LogP contribution in [0.2, 0.25) is 0 Å². The van der Waals surface area contributed by atoms with Crippen LogP contribution < -0.4 is 5.32 Å². The standard InChI is InChI=1S/C13H18N2O2/c1-9-15-12-5-4-10(6-13(12)17-9)11(7-14-2)8-16-3/h4-6,11,14H,7-8H2,1-3H3. The van der Waals surface area contributed by atoms with Gasteiger partial charge in [-0.3, -0.25) is 0 Å². The summed E-state index contributed by atoms with van der Waals surface area (Å²) in [5, 5.41) is 3.18. The molecule has 1 N–H and O–H groups in total. The molecule has 0 bridgehead atoms. The molecule has 0 aliphatic rings. The van der Waals surface area contributed by atoms with Crippen LogP contribution >= 0.6 is 0 Å². The van der Waals surface area contributed by atoms with Crippen LogP contribution in [0.1, 0.15) is 17.4 Å². The van der Waals surface area contributed by atoms with Gasteiger partial charge in [-0.2, -0.15) is 0 Å². The molecule has 0 radical (unpaired) electrons. The Hall–Kier alpha value is -1.39. The maximum absolute atomic E-state index is 5.54. The lowest BCUT2D eigenvalue weighted by Crippen LogP contribution is -2.20. The maximum atomic E-state index is 5.54. The molecule has 0 spiro atoms. The number of oxazole rings is 1. The van der Waals surface area contributed by atoms with Gasteiger partial charge in [-0.25, -0.2) is 4.98 Å². The van der Waals surface area contributed by atoms with Gasteiger partial charge in [0.2, 0.25) is 0 Å². The van der Waals surface area contributed by atoms with Crippen LogP contribution in [-0.2, 0) is 4.74 Å². The Balaban J connectivity index is 2.32. The Morgan fingerprint density at radius 2 is 2.29 bits per heavy atom.